The van der Waals surface area contributed by atoms with E-state index < -0.39 is 28.8 Å². The van der Waals surface area contributed by atoms with Gasteiger partial charge >= 0.3 is 0 Å². The number of aryl methyl sites for hydroxylation is 1. The van der Waals surface area contributed by atoms with E-state index in [2.05, 4.69) is 5.10 Å². The Balaban J connectivity index is 2.54. The smallest absolute Gasteiger partial charge is 0.217 e. The molecule has 2 aromatic rings. The minimum atomic E-state index is -1.68. The molecule has 0 unspecified atom stereocenters. The summed E-state index contributed by atoms with van der Waals surface area (Å²) >= 11 is 0. The van der Waals surface area contributed by atoms with Crippen molar-refractivity contribution in [3.8, 4) is 5.75 Å². The molecule has 0 saturated heterocycles. The van der Waals surface area contributed by atoms with E-state index >= 15 is 0 Å². The fraction of sp³-hybridized carbons (Fsp3) is 0.286. The standard InChI is InChI=1S/C14H13F3N2O2/c1-3-6-19-13(10(21-2)7-18-19)14(20)8-4-5-9(15)12(17)11(8)16/h4-5,7H,3,6H2,1-2H3. The third-order valence-corrected chi connectivity index (χ3v) is 2.96. The van der Waals surface area contributed by atoms with E-state index in [1.807, 2.05) is 6.92 Å². The molecule has 0 saturated carbocycles. The monoisotopic (exact) mass is 298 g/mol. The van der Waals surface area contributed by atoms with Crippen molar-refractivity contribution in [2.24, 2.45) is 0 Å². The van der Waals surface area contributed by atoms with E-state index in [0.717, 1.165) is 6.07 Å². The Morgan fingerprint density at radius 2 is 2.00 bits per heavy atom. The Labute approximate surface area is 119 Å². The van der Waals surface area contributed by atoms with E-state index in [-0.39, 0.29) is 11.4 Å². The zero-order valence-corrected chi connectivity index (χ0v) is 11.5. The molecule has 0 aliphatic rings. The van der Waals surface area contributed by atoms with Crippen LogP contribution < -0.4 is 4.74 Å². The van der Waals surface area contributed by atoms with E-state index in [1.165, 1.54) is 18.0 Å². The van der Waals surface area contributed by atoms with Gasteiger partial charge in [0.25, 0.3) is 0 Å². The van der Waals surface area contributed by atoms with Gasteiger partial charge in [0.2, 0.25) is 5.78 Å². The van der Waals surface area contributed by atoms with Gasteiger partial charge < -0.3 is 4.74 Å². The molecule has 0 aliphatic carbocycles. The molecule has 2 rings (SSSR count). The first-order valence-corrected chi connectivity index (χ1v) is 6.29. The van der Waals surface area contributed by atoms with E-state index in [1.54, 1.807) is 0 Å². The molecule has 112 valence electrons. The molecule has 0 amide bonds. The average molecular weight is 298 g/mol. The van der Waals surface area contributed by atoms with Crippen molar-refractivity contribution in [3.05, 3.63) is 47.0 Å². The molecule has 0 radical (unpaired) electrons. The van der Waals surface area contributed by atoms with Gasteiger partial charge in [-0.15, -0.1) is 0 Å². The molecule has 0 atom stereocenters. The fourth-order valence-electron chi connectivity index (χ4n) is 1.96. The van der Waals surface area contributed by atoms with E-state index in [0.29, 0.717) is 19.0 Å². The van der Waals surface area contributed by atoms with Crippen LogP contribution in [0, 0.1) is 17.5 Å². The number of nitrogens with zero attached hydrogens (tertiary/aromatic N) is 2. The predicted octanol–water partition coefficient (Wildman–Crippen LogP) is 2.95. The maximum atomic E-state index is 13.8. The summed E-state index contributed by atoms with van der Waals surface area (Å²) in [5, 5.41) is 3.97. The lowest BCUT2D eigenvalue weighted by Gasteiger charge is -2.08. The lowest BCUT2D eigenvalue weighted by molar-refractivity contribution is 0.102. The molecule has 0 bridgehead atoms. The first-order valence-electron chi connectivity index (χ1n) is 6.29. The Morgan fingerprint density at radius 3 is 2.62 bits per heavy atom. The number of carbonyl (C=O) groups is 1. The van der Waals surface area contributed by atoms with Gasteiger partial charge in [-0.25, -0.2) is 13.2 Å². The molecule has 1 aromatic carbocycles. The number of halogens is 3. The van der Waals surface area contributed by atoms with Crippen LogP contribution in [0.3, 0.4) is 0 Å². The molecule has 21 heavy (non-hydrogen) atoms. The van der Waals surface area contributed by atoms with E-state index in [4.69, 9.17) is 4.74 Å². The second kappa shape index (κ2) is 5.99. The fourth-order valence-corrected chi connectivity index (χ4v) is 1.96. The van der Waals surface area contributed by atoms with Gasteiger partial charge in [0.1, 0.15) is 0 Å². The number of hydrogen-bond donors (Lipinski definition) is 0. The van der Waals surface area contributed by atoms with Crippen LogP contribution in [0.1, 0.15) is 29.4 Å². The summed E-state index contributed by atoms with van der Waals surface area (Å²) in [6, 6.07) is 1.61. The van der Waals surface area contributed by atoms with E-state index in [9.17, 15) is 18.0 Å². The topological polar surface area (TPSA) is 44.1 Å². The maximum absolute atomic E-state index is 13.8. The summed E-state index contributed by atoms with van der Waals surface area (Å²) < 4.78 is 46.3. The summed E-state index contributed by atoms with van der Waals surface area (Å²) in [7, 11) is 1.34. The van der Waals surface area contributed by atoms with Crippen molar-refractivity contribution < 1.29 is 22.7 Å². The Kier molecular flexibility index (Phi) is 4.30. The molecule has 1 heterocycles. The van der Waals surface area contributed by atoms with Crippen molar-refractivity contribution in [1.82, 2.24) is 9.78 Å². The van der Waals surface area contributed by atoms with Crippen molar-refractivity contribution >= 4 is 5.78 Å². The number of methoxy groups -OCH3 is 1. The highest BCUT2D eigenvalue weighted by Crippen LogP contribution is 2.24. The third kappa shape index (κ3) is 2.63. The van der Waals surface area contributed by atoms with Crippen LogP contribution in [0.5, 0.6) is 5.75 Å². The van der Waals surface area contributed by atoms with Crippen LogP contribution in [-0.4, -0.2) is 22.7 Å². The Bertz CT molecular complexity index is 683. The average Bonchev–Trinajstić information content (AvgIpc) is 2.87. The zero-order valence-electron chi connectivity index (χ0n) is 11.5. The van der Waals surface area contributed by atoms with Crippen LogP contribution in [0.25, 0.3) is 0 Å². The van der Waals surface area contributed by atoms with Gasteiger partial charge in [-0.1, -0.05) is 6.92 Å². The number of benzene rings is 1. The maximum Gasteiger partial charge on any atom is 0.217 e. The lowest BCUT2D eigenvalue weighted by atomic mass is 10.1. The van der Waals surface area contributed by atoms with Crippen LogP contribution in [0.15, 0.2) is 18.3 Å². The van der Waals surface area contributed by atoms with Crippen LogP contribution in [-0.2, 0) is 6.54 Å². The highest BCUT2D eigenvalue weighted by molar-refractivity contribution is 6.09. The Hall–Kier alpha value is -2.31. The second-order valence-corrected chi connectivity index (χ2v) is 4.34. The SMILES string of the molecule is CCCn1ncc(OC)c1C(=O)c1ccc(F)c(F)c1F. The molecule has 1 aromatic heterocycles. The first kappa shape index (κ1) is 15.1. The zero-order chi connectivity index (χ0) is 15.6. The molecular weight excluding hydrogens is 285 g/mol. The number of hydrogen-bond acceptors (Lipinski definition) is 3. The molecule has 4 nitrogen and oxygen atoms in total. The van der Waals surface area contributed by atoms with Crippen LogP contribution in [0.2, 0.25) is 0 Å². The number of aromatic nitrogens is 2. The molecule has 0 fully saturated rings. The van der Waals surface area contributed by atoms with Crippen molar-refractivity contribution in [3.63, 3.8) is 0 Å². The van der Waals surface area contributed by atoms with Crippen molar-refractivity contribution in [2.75, 3.05) is 7.11 Å². The summed E-state index contributed by atoms with van der Waals surface area (Å²) in [6.07, 6.45) is 2.01. The van der Waals surface area contributed by atoms with Gasteiger partial charge in [-0.2, -0.15) is 5.10 Å². The summed E-state index contributed by atoms with van der Waals surface area (Å²) in [5.41, 5.74) is -0.561. The number of rotatable bonds is 5. The molecule has 0 aliphatic heterocycles. The Morgan fingerprint density at radius 1 is 1.29 bits per heavy atom. The third-order valence-electron chi connectivity index (χ3n) is 2.96. The number of ether oxygens (including phenoxy) is 1. The normalized spacial score (nSPS) is 10.7. The highest BCUT2D eigenvalue weighted by Gasteiger charge is 2.25. The summed E-state index contributed by atoms with van der Waals surface area (Å²) in [6.45, 7) is 2.29. The minimum absolute atomic E-state index is 0.00394. The van der Waals surface area contributed by atoms with Gasteiger partial charge in [-0.3, -0.25) is 9.48 Å². The van der Waals surface area contributed by atoms with Crippen molar-refractivity contribution in [1.29, 1.82) is 0 Å². The number of carbonyl (C=O) groups excluding carboxylic acids is 1. The van der Waals surface area contributed by atoms with Gasteiger partial charge in [0.15, 0.2) is 28.9 Å². The second-order valence-electron chi connectivity index (χ2n) is 4.34. The summed E-state index contributed by atoms with van der Waals surface area (Å²) in [5.74, 6) is -5.21. The van der Waals surface area contributed by atoms with Crippen LogP contribution >= 0.6 is 0 Å². The van der Waals surface area contributed by atoms with Crippen molar-refractivity contribution in [2.45, 2.75) is 19.9 Å². The minimum Gasteiger partial charge on any atom is -0.493 e. The summed E-state index contributed by atoms with van der Waals surface area (Å²) in [4.78, 5) is 12.4. The first-order chi connectivity index (χ1) is 10.0. The highest BCUT2D eigenvalue weighted by atomic mass is 19.2. The molecule has 0 spiro atoms. The van der Waals surface area contributed by atoms with Crippen LogP contribution in [0.4, 0.5) is 13.2 Å². The molecular formula is C14H13F3N2O2. The quantitative estimate of drug-likeness (QED) is 0.629. The van der Waals surface area contributed by atoms with Gasteiger partial charge in [0.05, 0.1) is 18.9 Å². The molecule has 0 N–H and O–H groups in total. The number of ketones is 1. The lowest BCUT2D eigenvalue weighted by Crippen LogP contribution is -2.15. The molecule has 7 heteroatoms. The largest absolute Gasteiger partial charge is 0.493 e. The van der Waals surface area contributed by atoms with Gasteiger partial charge in [-0.05, 0) is 18.6 Å². The predicted molar refractivity (Wildman–Crippen MR) is 68.8 cm³/mol. The van der Waals surface area contributed by atoms with Gasteiger partial charge in [0, 0.05) is 6.54 Å².